The van der Waals surface area contributed by atoms with E-state index >= 15 is 0 Å². The van der Waals surface area contributed by atoms with Gasteiger partial charge >= 0.3 is 0 Å². The number of aliphatic imine (C=N–C) groups is 1. The lowest BCUT2D eigenvalue weighted by molar-refractivity contribution is 0.101. The molecule has 1 aliphatic heterocycles. The van der Waals surface area contributed by atoms with Crippen LogP contribution in [0.2, 0.25) is 0 Å². The topological polar surface area (TPSA) is 32.7 Å². The first-order chi connectivity index (χ1) is 15.5. The highest BCUT2D eigenvalue weighted by Crippen LogP contribution is 2.27. The minimum atomic E-state index is 0.0961. The van der Waals surface area contributed by atoms with Gasteiger partial charge in [-0.15, -0.1) is 0 Å². The predicted octanol–water partition coefficient (Wildman–Crippen LogP) is 6.91. The van der Waals surface area contributed by atoms with Gasteiger partial charge in [-0.3, -0.25) is 4.79 Å². The molecule has 1 saturated heterocycles. The SMILES string of the molecule is CC(=O)c1ccccc1-c1ccc(Cc2cc(C)c(N=CN3CCCCC3)cc2C)cc1. The lowest BCUT2D eigenvalue weighted by Crippen LogP contribution is -2.28. The molecule has 0 radical (unpaired) electrons. The zero-order chi connectivity index (χ0) is 22.5. The number of aryl methyl sites for hydroxylation is 2. The average Bonchev–Trinajstić information content (AvgIpc) is 2.81. The molecular formula is C29H32N2O. The molecule has 164 valence electrons. The zero-order valence-corrected chi connectivity index (χ0v) is 19.4. The van der Waals surface area contributed by atoms with Crippen LogP contribution in [-0.2, 0) is 6.42 Å². The Morgan fingerprint density at radius 1 is 0.938 bits per heavy atom. The number of likely N-dealkylation sites (tertiary alicyclic amines) is 1. The lowest BCUT2D eigenvalue weighted by Gasteiger charge is -2.24. The molecule has 0 aromatic heterocycles. The van der Waals surface area contributed by atoms with Crippen molar-refractivity contribution in [3.63, 3.8) is 0 Å². The van der Waals surface area contributed by atoms with Crippen LogP contribution in [0, 0.1) is 13.8 Å². The first kappa shape index (κ1) is 22.0. The fourth-order valence-electron chi connectivity index (χ4n) is 4.43. The summed E-state index contributed by atoms with van der Waals surface area (Å²) < 4.78 is 0. The van der Waals surface area contributed by atoms with Crippen molar-refractivity contribution in [2.75, 3.05) is 13.1 Å². The van der Waals surface area contributed by atoms with Crippen LogP contribution in [0.5, 0.6) is 0 Å². The minimum absolute atomic E-state index is 0.0961. The Morgan fingerprint density at radius 3 is 2.38 bits per heavy atom. The summed E-state index contributed by atoms with van der Waals surface area (Å²) >= 11 is 0. The minimum Gasteiger partial charge on any atom is -0.363 e. The molecule has 0 amide bonds. The Labute approximate surface area is 191 Å². The smallest absolute Gasteiger partial charge is 0.160 e. The quantitative estimate of drug-likeness (QED) is 0.245. The van der Waals surface area contributed by atoms with Crippen LogP contribution in [0.3, 0.4) is 0 Å². The number of piperidine rings is 1. The van der Waals surface area contributed by atoms with Crippen LogP contribution in [0.1, 0.15) is 58.8 Å². The molecule has 0 saturated carbocycles. The second kappa shape index (κ2) is 9.95. The van der Waals surface area contributed by atoms with Gasteiger partial charge in [-0.2, -0.15) is 0 Å². The van der Waals surface area contributed by atoms with E-state index in [1.807, 2.05) is 30.6 Å². The highest BCUT2D eigenvalue weighted by Gasteiger charge is 2.10. The van der Waals surface area contributed by atoms with Crippen LogP contribution in [0.4, 0.5) is 5.69 Å². The summed E-state index contributed by atoms with van der Waals surface area (Å²) in [6, 6.07) is 20.9. The predicted molar refractivity (Wildman–Crippen MR) is 134 cm³/mol. The first-order valence-electron chi connectivity index (χ1n) is 11.6. The van der Waals surface area contributed by atoms with Gasteiger partial charge in [-0.05, 0) is 85.9 Å². The van der Waals surface area contributed by atoms with E-state index in [2.05, 4.69) is 55.1 Å². The maximum atomic E-state index is 12.0. The van der Waals surface area contributed by atoms with Gasteiger partial charge in [-0.25, -0.2) is 4.99 Å². The van der Waals surface area contributed by atoms with E-state index in [-0.39, 0.29) is 5.78 Å². The van der Waals surface area contributed by atoms with E-state index in [1.165, 1.54) is 41.5 Å². The third kappa shape index (κ3) is 5.16. The van der Waals surface area contributed by atoms with E-state index in [4.69, 9.17) is 4.99 Å². The van der Waals surface area contributed by atoms with Crippen LogP contribution < -0.4 is 0 Å². The van der Waals surface area contributed by atoms with Crippen molar-refractivity contribution < 1.29 is 4.79 Å². The van der Waals surface area contributed by atoms with Crippen LogP contribution in [0.25, 0.3) is 11.1 Å². The van der Waals surface area contributed by atoms with Gasteiger partial charge in [-0.1, -0.05) is 54.6 Å². The van der Waals surface area contributed by atoms with Gasteiger partial charge < -0.3 is 4.90 Å². The molecule has 0 unspecified atom stereocenters. The van der Waals surface area contributed by atoms with E-state index in [0.29, 0.717) is 0 Å². The number of ketones is 1. The van der Waals surface area contributed by atoms with Crippen LogP contribution in [-0.4, -0.2) is 30.1 Å². The van der Waals surface area contributed by atoms with Crippen molar-refractivity contribution in [3.05, 3.63) is 88.5 Å². The fourth-order valence-corrected chi connectivity index (χ4v) is 4.43. The largest absolute Gasteiger partial charge is 0.363 e. The molecule has 0 bridgehead atoms. The number of carbonyl (C=O) groups is 1. The lowest BCUT2D eigenvalue weighted by atomic mass is 9.94. The fraction of sp³-hybridized carbons (Fsp3) is 0.310. The summed E-state index contributed by atoms with van der Waals surface area (Å²) in [5.41, 5.74) is 8.99. The molecule has 3 aromatic rings. The van der Waals surface area contributed by atoms with Crippen molar-refractivity contribution in [3.8, 4) is 11.1 Å². The van der Waals surface area contributed by atoms with Crippen LogP contribution >= 0.6 is 0 Å². The number of benzene rings is 3. The molecule has 0 atom stereocenters. The Kier molecular flexibility index (Phi) is 6.84. The Hall–Kier alpha value is -3.20. The number of rotatable bonds is 6. The second-order valence-electron chi connectivity index (χ2n) is 8.88. The van der Waals surface area contributed by atoms with E-state index in [1.54, 1.807) is 6.92 Å². The van der Waals surface area contributed by atoms with Crippen molar-refractivity contribution in [1.82, 2.24) is 4.90 Å². The van der Waals surface area contributed by atoms with Gasteiger partial charge in [0.2, 0.25) is 0 Å². The molecule has 3 heteroatoms. The normalized spacial score (nSPS) is 14.2. The van der Waals surface area contributed by atoms with E-state index in [9.17, 15) is 4.79 Å². The third-order valence-electron chi connectivity index (χ3n) is 6.37. The van der Waals surface area contributed by atoms with Gasteiger partial charge in [0.1, 0.15) is 0 Å². The van der Waals surface area contributed by atoms with Gasteiger partial charge in [0, 0.05) is 18.7 Å². The molecule has 4 rings (SSSR count). The summed E-state index contributed by atoms with van der Waals surface area (Å²) in [5.74, 6) is 0.0961. The molecule has 32 heavy (non-hydrogen) atoms. The highest BCUT2D eigenvalue weighted by atomic mass is 16.1. The first-order valence-corrected chi connectivity index (χ1v) is 11.6. The van der Waals surface area contributed by atoms with Crippen molar-refractivity contribution in [2.24, 2.45) is 4.99 Å². The molecule has 0 N–H and O–H groups in total. The molecule has 1 aliphatic rings. The Bertz CT molecular complexity index is 1120. The molecule has 0 spiro atoms. The molecule has 1 fully saturated rings. The van der Waals surface area contributed by atoms with Gasteiger partial charge in [0.05, 0.1) is 12.0 Å². The van der Waals surface area contributed by atoms with E-state index in [0.717, 1.165) is 41.9 Å². The molecule has 3 aromatic carbocycles. The highest BCUT2D eigenvalue weighted by molar-refractivity contribution is 6.00. The van der Waals surface area contributed by atoms with Crippen LogP contribution in [0.15, 0.2) is 65.7 Å². The standard InChI is InChI=1S/C29H32N2O/c1-21-18-29(30-20-31-15-7-4-8-16-31)22(2)17-26(21)19-24-11-13-25(14-12-24)28-10-6-5-9-27(28)23(3)32/h5-6,9-14,17-18,20H,4,7-8,15-16,19H2,1-3H3. The Morgan fingerprint density at radius 2 is 1.66 bits per heavy atom. The molecule has 3 nitrogen and oxygen atoms in total. The molecule has 0 aliphatic carbocycles. The molecular weight excluding hydrogens is 392 g/mol. The number of hydrogen-bond donors (Lipinski definition) is 0. The summed E-state index contributed by atoms with van der Waals surface area (Å²) in [6.07, 6.45) is 6.78. The van der Waals surface area contributed by atoms with Gasteiger partial charge in [0.25, 0.3) is 0 Å². The molecule has 1 heterocycles. The van der Waals surface area contributed by atoms with Crippen molar-refractivity contribution in [2.45, 2.75) is 46.5 Å². The average molecular weight is 425 g/mol. The van der Waals surface area contributed by atoms with Gasteiger partial charge in [0.15, 0.2) is 5.78 Å². The number of carbonyl (C=O) groups excluding carboxylic acids is 1. The number of hydrogen-bond acceptors (Lipinski definition) is 2. The van der Waals surface area contributed by atoms with E-state index < -0.39 is 0 Å². The summed E-state index contributed by atoms with van der Waals surface area (Å²) in [6.45, 7) is 8.18. The third-order valence-corrected chi connectivity index (χ3v) is 6.37. The maximum absolute atomic E-state index is 12.0. The number of nitrogens with zero attached hydrogens (tertiary/aromatic N) is 2. The monoisotopic (exact) mass is 424 g/mol. The summed E-state index contributed by atoms with van der Waals surface area (Å²) in [4.78, 5) is 19.1. The summed E-state index contributed by atoms with van der Waals surface area (Å²) in [7, 11) is 0. The van der Waals surface area contributed by atoms with Crippen molar-refractivity contribution in [1.29, 1.82) is 0 Å². The maximum Gasteiger partial charge on any atom is 0.160 e. The number of Topliss-reactive ketones (excluding diaryl/α,β-unsaturated/α-hetero) is 1. The zero-order valence-electron chi connectivity index (χ0n) is 19.4. The summed E-state index contributed by atoms with van der Waals surface area (Å²) in [5, 5.41) is 0. The Balaban J connectivity index is 1.50. The van der Waals surface area contributed by atoms with Crippen molar-refractivity contribution >= 4 is 17.8 Å². The second-order valence-corrected chi connectivity index (χ2v) is 8.88.